The van der Waals surface area contributed by atoms with Crippen LogP contribution in [0.2, 0.25) is 0 Å². The van der Waals surface area contributed by atoms with Gasteiger partial charge >= 0.3 is 0 Å². The lowest BCUT2D eigenvalue weighted by atomic mass is 10.2. The van der Waals surface area contributed by atoms with Crippen LogP contribution in [-0.4, -0.2) is 55.2 Å². The van der Waals surface area contributed by atoms with Gasteiger partial charge in [0.25, 0.3) is 0 Å². The molecule has 2 fully saturated rings. The van der Waals surface area contributed by atoms with Gasteiger partial charge in [-0.05, 0) is 30.5 Å². The third-order valence-electron chi connectivity index (χ3n) is 4.28. The molecule has 1 aliphatic carbocycles. The summed E-state index contributed by atoms with van der Waals surface area (Å²) in [6.07, 6.45) is 2.83. The highest BCUT2D eigenvalue weighted by Crippen LogP contribution is 2.27. The predicted octanol–water partition coefficient (Wildman–Crippen LogP) is 1.30. The molecule has 3 rings (SSSR count). The topological polar surface area (TPSA) is 41.7 Å². The molecule has 0 amide bonds. The summed E-state index contributed by atoms with van der Waals surface area (Å²) in [4.78, 5) is 5.15. The van der Waals surface area contributed by atoms with Crippen molar-refractivity contribution in [3.05, 3.63) is 29.8 Å². The lowest BCUT2D eigenvalue weighted by Crippen LogP contribution is -2.48. The average Bonchev–Trinajstić information content (AvgIpc) is 3.33. The summed E-state index contributed by atoms with van der Waals surface area (Å²) in [5, 5.41) is 0. The number of nitrogens with two attached hydrogens (primary N) is 1. The zero-order valence-corrected chi connectivity index (χ0v) is 12.1. The van der Waals surface area contributed by atoms with E-state index in [1.54, 1.807) is 0 Å². The second-order valence-corrected chi connectivity index (χ2v) is 5.81. The lowest BCUT2D eigenvalue weighted by molar-refractivity contribution is 0.112. The van der Waals surface area contributed by atoms with Crippen molar-refractivity contribution in [3.8, 4) is 5.75 Å². The Morgan fingerprint density at radius 3 is 2.65 bits per heavy atom. The maximum Gasteiger partial charge on any atom is 0.119 e. The third-order valence-corrected chi connectivity index (χ3v) is 4.28. The number of ether oxygens (including phenoxy) is 1. The van der Waals surface area contributed by atoms with Gasteiger partial charge in [-0.15, -0.1) is 0 Å². The van der Waals surface area contributed by atoms with Gasteiger partial charge in [0, 0.05) is 45.3 Å². The molecule has 0 aromatic heterocycles. The first-order valence-electron chi connectivity index (χ1n) is 7.73. The summed E-state index contributed by atoms with van der Waals surface area (Å²) in [5.74, 6) is 0.935. The van der Waals surface area contributed by atoms with E-state index in [-0.39, 0.29) is 0 Å². The number of nitrogens with zero attached hydrogens (tertiary/aromatic N) is 2. The monoisotopic (exact) mass is 275 g/mol. The number of hydrogen-bond donors (Lipinski definition) is 1. The van der Waals surface area contributed by atoms with Crippen molar-refractivity contribution in [2.45, 2.75) is 25.4 Å². The SMILES string of the molecule is NCc1cccc(OCCN2CCN(C3CC3)CC2)c1. The van der Waals surface area contributed by atoms with E-state index >= 15 is 0 Å². The summed E-state index contributed by atoms with van der Waals surface area (Å²) in [6.45, 7) is 7.18. The van der Waals surface area contributed by atoms with Gasteiger partial charge in [-0.1, -0.05) is 12.1 Å². The first kappa shape index (κ1) is 13.9. The number of rotatable bonds is 6. The van der Waals surface area contributed by atoms with Crippen molar-refractivity contribution in [2.24, 2.45) is 5.73 Å². The summed E-state index contributed by atoms with van der Waals surface area (Å²) in [7, 11) is 0. The van der Waals surface area contributed by atoms with Gasteiger partial charge in [0.05, 0.1) is 0 Å². The van der Waals surface area contributed by atoms with Crippen LogP contribution in [0.4, 0.5) is 0 Å². The van der Waals surface area contributed by atoms with Crippen molar-refractivity contribution in [2.75, 3.05) is 39.3 Å². The van der Waals surface area contributed by atoms with Crippen LogP contribution in [-0.2, 0) is 6.54 Å². The quantitative estimate of drug-likeness (QED) is 0.850. The zero-order valence-electron chi connectivity index (χ0n) is 12.1. The van der Waals surface area contributed by atoms with E-state index in [9.17, 15) is 0 Å². The highest BCUT2D eigenvalue weighted by atomic mass is 16.5. The Bertz CT molecular complexity index is 425. The van der Waals surface area contributed by atoms with Crippen molar-refractivity contribution in [1.29, 1.82) is 0 Å². The molecule has 1 aromatic rings. The Balaban J connectivity index is 1.37. The van der Waals surface area contributed by atoms with E-state index in [0.717, 1.165) is 30.5 Å². The molecule has 1 aliphatic heterocycles. The predicted molar refractivity (Wildman–Crippen MR) is 80.9 cm³/mol. The summed E-state index contributed by atoms with van der Waals surface area (Å²) < 4.78 is 5.83. The molecule has 20 heavy (non-hydrogen) atoms. The third kappa shape index (κ3) is 3.72. The van der Waals surface area contributed by atoms with Crippen LogP contribution in [0.1, 0.15) is 18.4 Å². The Morgan fingerprint density at radius 1 is 1.15 bits per heavy atom. The Labute approximate surface area is 121 Å². The van der Waals surface area contributed by atoms with Crippen molar-refractivity contribution < 1.29 is 4.74 Å². The van der Waals surface area contributed by atoms with Crippen LogP contribution in [0, 0.1) is 0 Å². The largest absolute Gasteiger partial charge is 0.492 e. The van der Waals surface area contributed by atoms with Crippen LogP contribution < -0.4 is 10.5 Å². The van der Waals surface area contributed by atoms with Crippen LogP contribution in [0.5, 0.6) is 5.75 Å². The molecule has 1 saturated carbocycles. The van der Waals surface area contributed by atoms with Gasteiger partial charge in [0.1, 0.15) is 12.4 Å². The maximum atomic E-state index is 5.83. The molecular weight excluding hydrogens is 250 g/mol. The molecule has 1 heterocycles. The van der Waals surface area contributed by atoms with E-state index in [0.29, 0.717) is 6.54 Å². The molecule has 0 atom stereocenters. The van der Waals surface area contributed by atoms with Gasteiger partial charge in [-0.2, -0.15) is 0 Å². The standard InChI is InChI=1S/C16H25N3O/c17-13-14-2-1-3-16(12-14)20-11-10-18-6-8-19(9-7-18)15-4-5-15/h1-3,12,15H,4-11,13,17H2. The smallest absolute Gasteiger partial charge is 0.119 e. The normalized spacial score (nSPS) is 21.1. The Kier molecular flexibility index (Phi) is 4.55. The van der Waals surface area contributed by atoms with Crippen LogP contribution in [0.25, 0.3) is 0 Å². The maximum absolute atomic E-state index is 5.83. The molecule has 110 valence electrons. The highest BCUT2D eigenvalue weighted by Gasteiger charge is 2.30. The second kappa shape index (κ2) is 6.57. The van der Waals surface area contributed by atoms with E-state index in [1.807, 2.05) is 24.3 Å². The summed E-state index contributed by atoms with van der Waals surface area (Å²) >= 11 is 0. The molecule has 0 unspecified atom stereocenters. The van der Waals surface area contributed by atoms with E-state index in [1.165, 1.54) is 39.0 Å². The number of hydrogen-bond acceptors (Lipinski definition) is 4. The van der Waals surface area contributed by atoms with Gasteiger partial charge < -0.3 is 10.5 Å². The average molecular weight is 275 g/mol. The fourth-order valence-corrected chi connectivity index (χ4v) is 2.85. The fourth-order valence-electron chi connectivity index (χ4n) is 2.85. The number of piperazine rings is 1. The van der Waals surface area contributed by atoms with Gasteiger partial charge in [-0.3, -0.25) is 9.80 Å². The molecule has 0 radical (unpaired) electrons. The summed E-state index contributed by atoms with van der Waals surface area (Å²) in [5.41, 5.74) is 6.76. The van der Waals surface area contributed by atoms with E-state index < -0.39 is 0 Å². The van der Waals surface area contributed by atoms with Crippen LogP contribution in [0.3, 0.4) is 0 Å². The molecular formula is C16H25N3O. The minimum Gasteiger partial charge on any atom is -0.492 e. The molecule has 1 aromatic carbocycles. The fraction of sp³-hybridized carbons (Fsp3) is 0.625. The minimum absolute atomic E-state index is 0.570. The van der Waals surface area contributed by atoms with Gasteiger partial charge in [0.15, 0.2) is 0 Å². The molecule has 4 nitrogen and oxygen atoms in total. The molecule has 0 bridgehead atoms. The highest BCUT2D eigenvalue weighted by molar-refractivity contribution is 5.28. The van der Waals surface area contributed by atoms with E-state index in [2.05, 4.69) is 9.80 Å². The van der Waals surface area contributed by atoms with Crippen LogP contribution in [0.15, 0.2) is 24.3 Å². The van der Waals surface area contributed by atoms with E-state index in [4.69, 9.17) is 10.5 Å². The van der Waals surface area contributed by atoms with Gasteiger partial charge in [-0.25, -0.2) is 0 Å². The first-order valence-corrected chi connectivity index (χ1v) is 7.73. The molecule has 0 spiro atoms. The lowest BCUT2D eigenvalue weighted by Gasteiger charge is -2.34. The van der Waals surface area contributed by atoms with Gasteiger partial charge in [0.2, 0.25) is 0 Å². The molecule has 4 heteroatoms. The van der Waals surface area contributed by atoms with Crippen LogP contribution >= 0.6 is 0 Å². The van der Waals surface area contributed by atoms with Crippen molar-refractivity contribution >= 4 is 0 Å². The Morgan fingerprint density at radius 2 is 1.95 bits per heavy atom. The molecule has 1 saturated heterocycles. The molecule has 2 aliphatic rings. The van der Waals surface area contributed by atoms with Crippen molar-refractivity contribution in [3.63, 3.8) is 0 Å². The second-order valence-electron chi connectivity index (χ2n) is 5.81. The summed E-state index contributed by atoms with van der Waals surface area (Å²) in [6, 6.07) is 8.98. The zero-order chi connectivity index (χ0) is 13.8. The number of benzene rings is 1. The van der Waals surface area contributed by atoms with Crippen molar-refractivity contribution in [1.82, 2.24) is 9.80 Å². The minimum atomic E-state index is 0.570. The molecule has 2 N–H and O–H groups in total. The first-order chi connectivity index (χ1) is 9.85. The Hall–Kier alpha value is -1.10.